The molecule has 1 aromatic carbocycles. The molecule has 1 aliphatic rings. The minimum Gasteiger partial charge on any atom is -0.481 e. The Bertz CT molecular complexity index is 676. The first-order valence-electron chi connectivity index (χ1n) is 8.18. The van der Waals surface area contributed by atoms with E-state index in [2.05, 4.69) is 53.2 Å². The number of hydrogen-bond acceptors (Lipinski definition) is 3. The molecule has 0 saturated carbocycles. The molecule has 1 aliphatic heterocycles. The number of benzene rings is 1. The molecule has 1 fully saturated rings. The first kappa shape index (κ1) is 15.6. The average molecular weight is 313 g/mol. The van der Waals surface area contributed by atoms with Crippen LogP contribution < -0.4 is 4.90 Å². The van der Waals surface area contributed by atoms with Gasteiger partial charge in [-0.15, -0.1) is 0 Å². The Hall–Kier alpha value is -2.30. The molecule has 3 rings (SSSR count). The zero-order valence-electron chi connectivity index (χ0n) is 13.6. The van der Waals surface area contributed by atoms with Crippen molar-refractivity contribution in [3.05, 3.63) is 35.9 Å². The lowest BCUT2D eigenvalue weighted by molar-refractivity contribution is -0.141. The molecule has 0 spiro atoms. The number of aromatic amines is 1. The molecular formula is C18H23N3O2. The summed E-state index contributed by atoms with van der Waals surface area (Å²) in [5.74, 6) is 0.338. The van der Waals surface area contributed by atoms with Crippen LogP contribution in [0.25, 0.3) is 11.3 Å². The molecule has 1 saturated heterocycles. The van der Waals surface area contributed by atoms with Crippen molar-refractivity contribution >= 4 is 11.8 Å². The monoisotopic (exact) mass is 313 g/mol. The van der Waals surface area contributed by atoms with Gasteiger partial charge in [0.15, 0.2) is 5.82 Å². The number of hydrogen-bond donors (Lipinski definition) is 2. The molecule has 0 aliphatic carbocycles. The Balaban J connectivity index is 1.76. The number of carboxylic acids is 1. The van der Waals surface area contributed by atoms with Crippen LogP contribution in [0.3, 0.4) is 0 Å². The molecule has 5 nitrogen and oxygen atoms in total. The highest BCUT2D eigenvalue weighted by Crippen LogP contribution is 2.27. The number of nitrogens with one attached hydrogen (secondary N) is 1. The number of aromatic nitrogens is 2. The van der Waals surface area contributed by atoms with Crippen LogP contribution in [0.2, 0.25) is 0 Å². The summed E-state index contributed by atoms with van der Waals surface area (Å²) in [6.07, 6.45) is 1.64. The molecule has 1 unspecified atom stereocenters. The third-order valence-electron chi connectivity index (χ3n) is 4.55. The molecule has 2 N–H and O–H groups in total. The van der Waals surface area contributed by atoms with Crippen molar-refractivity contribution < 1.29 is 9.90 Å². The van der Waals surface area contributed by atoms with Crippen molar-refractivity contribution in [1.82, 2.24) is 10.2 Å². The van der Waals surface area contributed by atoms with E-state index in [1.807, 2.05) is 6.07 Å². The number of anilines is 1. The number of rotatable bonds is 4. The lowest BCUT2D eigenvalue weighted by Crippen LogP contribution is -2.38. The Morgan fingerprint density at radius 1 is 1.35 bits per heavy atom. The lowest BCUT2D eigenvalue weighted by Gasteiger charge is -2.30. The van der Waals surface area contributed by atoms with Crippen LogP contribution >= 0.6 is 0 Å². The second-order valence-electron chi connectivity index (χ2n) is 6.54. The predicted molar refractivity (Wildman–Crippen MR) is 90.7 cm³/mol. The van der Waals surface area contributed by atoms with E-state index in [4.69, 9.17) is 0 Å². The van der Waals surface area contributed by atoms with Gasteiger partial charge < -0.3 is 10.0 Å². The maximum Gasteiger partial charge on any atom is 0.308 e. The maximum absolute atomic E-state index is 11.2. The van der Waals surface area contributed by atoms with Crippen molar-refractivity contribution in [2.45, 2.75) is 32.6 Å². The van der Waals surface area contributed by atoms with E-state index in [9.17, 15) is 9.90 Å². The van der Waals surface area contributed by atoms with E-state index < -0.39 is 5.97 Å². The van der Waals surface area contributed by atoms with Crippen LogP contribution in [-0.4, -0.2) is 34.4 Å². The van der Waals surface area contributed by atoms with E-state index >= 15 is 0 Å². The number of carboxylic acid groups (broad SMARTS) is 1. The molecular weight excluding hydrogens is 290 g/mol. The average Bonchev–Trinajstić information content (AvgIpc) is 3.05. The second kappa shape index (κ2) is 6.44. The number of nitrogens with zero attached hydrogens (tertiary/aromatic N) is 2. The van der Waals surface area contributed by atoms with Gasteiger partial charge in [0.05, 0.1) is 11.6 Å². The van der Waals surface area contributed by atoms with Gasteiger partial charge in [0.2, 0.25) is 0 Å². The predicted octanol–water partition coefficient (Wildman–Crippen LogP) is 3.50. The van der Waals surface area contributed by atoms with E-state index in [-0.39, 0.29) is 5.92 Å². The van der Waals surface area contributed by atoms with Crippen molar-refractivity contribution in [2.24, 2.45) is 5.92 Å². The van der Waals surface area contributed by atoms with Crippen molar-refractivity contribution in [1.29, 1.82) is 0 Å². The number of carbonyl (C=O) groups is 1. The molecule has 5 heteroatoms. The third-order valence-corrected chi connectivity index (χ3v) is 4.55. The van der Waals surface area contributed by atoms with Gasteiger partial charge in [-0.2, -0.15) is 5.10 Å². The lowest BCUT2D eigenvalue weighted by atomic mass is 9.98. The SMILES string of the molecule is CC(C)c1ccc(-c2cc(N3CCCC(C(=O)O)C3)n[nH]2)cc1. The summed E-state index contributed by atoms with van der Waals surface area (Å²) in [4.78, 5) is 13.3. The highest BCUT2D eigenvalue weighted by molar-refractivity contribution is 5.71. The molecule has 0 radical (unpaired) electrons. The van der Waals surface area contributed by atoms with Gasteiger partial charge in [-0.1, -0.05) is 38.1 Å². The summed E-state index contributed by atoms with van der Waals surface area (Å²) >= 11 is 0. The topological polar surface area (TPSA) is 69.2 Å². The summed E-state index contributed by atoms with van der Waals surface area (Å²) < 4.78 is 0. The summed E-state index contributed by atoms with van der Waals surface area (Å²) in [5, 5.41) is 16.7. The van der Waals surface area contributed by atoms with Crippen LogP contribution in [0, 0.1) is 5.92 Å². The van der Waals surface area contributed by atoms with Gasteiger partial charge >= 0.3 is 5.97 Å². The van der Waals surface area contributed by atoms with Crippen molar-refractivity contribution in [3.8, 4) is 11.3 Å². The largest absolute Gasteiger partial charge is 0.481 e. The Morgan fingerprint density at radius 2 is 2.09 bits per heavy atom. The molecule has 23 heavy (non-hydrogen) atoms. The smallest absolute Gasteiger partial charge is 0.308 e. The quantitative estimate of drug-likeness (QED) is 0.906. The normalized spacial score (nSPS) is 18.4. The molecule has 0 amide bonds. The van der Waals surface area contributed by atoms with Crippen molar-refractivity contribution in [2.75, 3.05) is 18.0 Å². The van der Waals surface area contributed by atoms with Gasteiger partial charge in [0.1, 0.15) is 0 Å². The summed E-state index contributed by atoms with van der Waals surface area (Å²) in [6.45, 7) is 5.75. The molecule has 2 heterocycles. The van der Waals surface area contributed by atoms with Crippen LogP contribution in [0.15, 0.2) is 30.3 Å². The highest BCUT2D eigenvalue weighted by atomic mass is 16.4. The molecule has 1 aromatic heterocycles. The number of piperidine rings is 1. The van der Waals surface area contributed by atoms with Crippen LogP contribution in [-0.2, 0) is 4.79 Å². The maximum atomic E-state index is 11.2. The summed E-state index contributed by atoms with van der Waals surface area (Å²) in [5.41, 5.74) is 3.38. The van der Waals surface area contributed by atoms with E-state index in [0.29, 0.717) is 12.5 Å². The zero-order chi connectivity index (χ0) is 16.4. The van der Waals surface area contributed by atoms with Crippen molar-refractivity contribution in [3.63, 3.8) is 0 Å². The van der Waals surface area contributed by atoms with Crippen LogP contribution in [0.5, 0.6) is 0 Å². The fourth-order valence-corrected chi connectivity index (χ4v) is 3.06. The second-order valence-corrected chi connectivity index (χ2v) is 6.54. The highest BCUT2D eigenvalue weighted by Gasteiger charge is 2.26. The minimum absolute atomic E-state index is 0.297. The van der Waals surface area contributed by atoms with Crippen LogP contribution in [0.4, 0.5) is 5.82 Å². The van der Waals surface area contributed by atoms with Gasteiger partial charge in [0.25, 0.3) is 0 Å². The van der Waals surface area contributed by atoms with Gasteiger partial charge in [-0.25, -0.2) is 0 Å². The standard InChI is InChI=1S/C18H23N3O2/c1-12(2)13-5-7-14(8-6-13)16-10-17(20-19-16)21-9-3-4-15(11-21)18(22)23/h5-8,10,12,15H,3-4,9,11H2,1-2H3,(H,19,20)(H,22,23). The van der Waals surface area contributed by atoms with E-state index in [0.717, 1.165) is 36.5 Å². The fraction of sp³-hybridized carbons (Fsp3) is 0.444. The minimum atomic E-state index is -0.713. The van der Waals surface area contributed by atoms with E-state index in [1.54, 1.807) is 0 Å². The Kier molecular flexibility index (Phi) is 4.37. The molecule has 0 bridgehead atoms. The first-order valence-corrected chi connectivity index (χ1v) is 8.18. The first-order chi connectivity index (χ1) is 11.0. The third kappa shape index (κ3) is 3.38. The Labute approximate surface area is 136 Å². The van der Waals surface area contributed by atoms with Gasteiger partial charge in [0, 0.05) is 19.2 Å². The fourth-order valence-electron chi connectivity index (χ4n) is 3.06. The zero-order valence-corrected chi connectivity index (χ0v) is 13.6. The van der Waals surface area contributed by atoms with E-state index in [1.165, 1.54) is 5.56 Å². The summed E-state index contributed by atoms with van der Waals surface area (Å²) in [7, 11) is 0. The number of aliphatic carboxylic acids is 1. The molecule has 122 valence electrons. The van der Waals surface area contributed by atoms with Crippen LogP contribution in [0.1, 0.15) is 38.2 Å². The number of H-pyrrole nitrogens is 1. The molecule has 2 aromatic rings. The molecule has 1 atom stereocenters. The Morgan fingerprint density at radius 3 is 2.74 bits per heavy atom. The van der Waals surface area contributed by atoms with Gasteiger partial charge in [-0.05, 0) is 29.9 Å². The summed E-state index contributed by atoms with van der Waals surface area (Å²) in [6, 6.07) is 10.5. The van der Waals surface area contributed by atoms with Gasteiger partial charge in [-0.3, -0.25) is 9.89 Å².